The third kappa shape index (κ3) is 2.46. The molecule has 0 amide bonds. The maximum absolute atomic E-state index is 12.6. The number of aliphatic hydroxyl groups is 1. The van der Waals surface area contributed by atoms with E-state index in [1.807, 2.05) is 0 Å². The van der Waals surface area contributed by atoms with Crippen molar-refractivity contribution < 1.29 is 31.4 Å². The number of halogens is 6. The highest BCUT2D eigenvalue weighted by molar-refractivity contribution is 7.81. The third-order valence-electron chi connectivity index (χ3n) is 4.41. The van der Waals surface area contributed by atoms with Gasteiger partial charge in [-0.3, -0.25) is 0 Å². The van der Waals surface area contributed by atoms with E-state index < -0.39 is 30.3 Å². The van der Waals surface area contributed by atoms with Crippen molar-refractivity contribution in [3.05, 3.63) is 0 Å². The van der Waals surface area contributed by atoms with Crippen molar-refractivity contribution in [2.45, 2.75) is 48.9 Å². The first-order valence-electron chi connectivity index (χ1n) is 5.99. The summed E-state index contributed by atoms with van der Waals surface area (Å²) in [6.07, 6.45) is -11.1. The molecule has 0 saturated heterocycles. The summed E-state index contributed by atoms with van der Waals surface area (Å²) in [5.41, 5.74) is -4.61. The first-order chi connectivity index (χ1) is 8.46. The minimum atomic E-state index is -5.71. The van der Waals surface area contributed by atoms with Gasteiger partial charge < -0.3 is 5.11 Å². The second-order valence-electron chi connectivity index (χ2n) is 5.62. The molecule has 0 heterocycles. The van der Waals surface area contributed by atoms with E-state index in [1.165, 1.54) is 0 Å². The highest BCUT2D eigenvalue weighted by atomic mass is 32.1. The van der Waals surface area contributed by atoms with E-state index >= 15 is 0 Å². The number of thiol groups is 1. The predicted molar refractivity (Wildman–Crippen MR) is 58.8 cm³/mol. The monoisotopic (exact) mass is 308 g/mol. The zero-order chi connectivity index (χ0) is 14.6. The molecular weight excluding hydrogens is 294 g/mol. The van der Waals surface area contributed by atoms with Crippen molar-refractivity contribution in [2.24, 2.45) is 17.8 Å². The molecule has 0 radical (unpaired) electrons. The number of hydrogen-bond donors (Lipinski definition) is 2. The van der Waals surface area contributed by atoms with Gasteiger partial charge in [-0.15, -0.1) is 0 Å². The van der Waals surface area contributed by atoms with Crippen LogP contribution in [-0.4, -0.2) is 28.3 Å². The second kappa shape index (κ2) is 4.44. The summed E-state index contributed by atoms with van der Waals surface area (Å²) in [6.45, 7) is 0. The highest BCUT2D eigenvalue weighted by Crippen LogP contribution is 2.56. The molecule has 4 atom stereocenters. The van der Waals surface area contributed by atoms with Gasteiger partial charge in [-0.05, 0) is 43.4 Å². The Hall–Kier alpha value is -0.110. The van der Waals surface area contributed by atoms with Crippen molar-refractivity contribution in [3.63, 3.8) is 0 Å². The maximum atomic E-state index is 12.6. The zero-order valence-corrected chi connectivity index (χ0v) is 10.7. The van der Waals surface area contributed by atoms with Crippen LogP contribution in [0.3, 0.4) is 0 Å². The quantitative estimate of drug-likeness (QED) is 0.590. The normalized spacial score (nSPS) is 36.0. The Morgan fingerprint density at radius 3 is 1.84 bits per heavy atom. The molecule has 2 rings (SSSR count). The number of rotatable bonds is 2. The van der Waals surface area contributed by atoms with Gasteiger partial charge >= 0.3 is 12.4 Å². The molecule has 2 bridgehead atoms. The van der Waals surface area contributed by atoms with Crippen LogP contribution in [0.15, 0.2) is 0 Å². The van der Waals surface area contributed by atoms with Crippen molar-refractivity contribution in [1.29, 1.82) is 0 Å². The lowest BCUT2D eigenvalue weighted by molar-refractivity contribution is -0.373. The molecule has 0 spiro atoms. The maximum Gasteiger partial charge on any atom is 0.426 e. The van der Waals surface area contributed by atoms with Gasteiger partial charge in [-0.1, -0.05) is 0 Å². The van der Waals surface area contributed by atoms with Gasteiger partial charge in [0.1, 0.15) is 0 Å². The molecule has 0 aromatic rings. The first-order valence-corrected chi connectivity index (χ1v) is 6.51. The van der Waals surface area contributed by atoms with Crippen LogP contribution < -0.4 is 0 Å². The van der Waals surface area contributed by atoms with E-state index in [1.54, 1.807) is 0 Å². The number of alkyl halides is 6. The highest BCUT2D eigenvalue weighted by Gasteiger charge is 2.71. The topological polar surface area (TPSA) is 20.2 Å². The standard InChI is InChI=1S/C11H14F6OS/c12-10(13,14)9(18,11(15,16)17)4-6-1-5-2-7(6)8(19)3-5/h5-8,18-19H,1-4H2. The molecule has 0 aromatic carbocycles. The van der Waals surface area contributed by atoms with Gasteiger partial charge in [0, 0.05) is 5.25 Å². The summed E-state index contributed by atoms with van der Waals surface area (Å²) >= 11 is 4.21. The summed E-state index contributed by atoms with van der Waals surface area (Å²) in [6, 6.07) is 0. The molecular formula is C11H14F6OS. The summed E-state index contributed by atoms with van der Waals surface area (Å²) in [4.78, 5) is 0. The molecule has 0 aromatic heterocycles. The molecule has 19 heavy (non-hydrogen) atoms. The Kier molecular flexibility index (Phi) is 3.57. The molecule has 8 heteroatoms. The lowest BCUT2D eigenvalue weighted by Gasteiger charge is -2.37. The van der Waals surface area contributed by atoms with Crippen molar-refractivity contribution in [2.75, 3.05) is 0 Å². The summed E-state index contributed by atoms with van der Waals surface area (Å²) in [7, 11) is 0. The minimum absolute atomic E-state index is 0.142. The Morgan fingerprint density at radius 1 is 0.947 bits per heavy atom. The van der Waals surface area contributed by atoms with Gasteiger partial charge in [0.25, 0.3) is 5.60 Å². The van der Waals surface area contributed by atoms with Crippen LogP contribution in [0.25, 0.3) is 0 Å². The van der Waals surface area contributed by atoms with Crippen LogP contribution >= 0.6 is 12.6 Å². The Labute approximate surface area is 111 Å². The van der Waals surface area contributed by atoms with Crippen molar-refractivity contribution >= 4 is 12.6 Å². The Balaban J connectivity index is 2.19. The smallest absolute Gasteiger partial charge is 0.374 e. The number of fused-ring (bicyclic) bond motifs is 2. The average Bonchev–Trinajstić information content (AvgIpc) is 2.72. The van der Waals surface area contributed by atoms with Gasteiger partial charge in [0.15, 0.2) is 0 Å². The van der Waals surface area contributed by atoms with E-state index in [2.05, 4.69) is 12.6 Å². The van der Waals surface area contributed by atoms with Crippen molar-refractivity contribution in [3.8, 4) is 0 Å². The molecule has 2 aliphatic carbocycles. The van der Waals surface area contributed by atoms with Crippen molar-refractivity contribution in [1.82, 2.24) is 0 Å². The zero-order valence-electron chi connectivity index (χ0n) is 9.80. The van der Waals surface area contributed by atoms with Gasteiger partial charge in [-0.2, -0.15) is 39.0 Å². The molecule has 2 fully saturated rings. The van der Waals surface area contributed by atoms with Gasteiger partial charge in [-0.25, -0.2) is 0 Å². The van der Waals surface area contributed by atoms with Crippen LogP contribution in [0.2, 0.25) is 0 Å². The molecule has 112 valence electrons. The molecule has 0 aliphatic heterocycles. The summed E-state index contributed by atoms with van der Waals surface area (Å²) in [5.74, 6) is -0.887. The van der Waals surface area contributed by atoms with E-state index in [0.717, 1.165) is 6.42 Å². The van der Waals surface area contributed by atoms with E-state index in [4.69, 9.17) is 0 Å². The molecule has 1 N–H and O–H groups in total. The molecule has 2 saturated carbocycles. The van der Waals surface area contributed by atoms with Gasteiger partial charge in [0.2, 0.25) is 0 Å². The Morgan fingerprint density at radius 2 is 1.47 bits per heavy atom. The first kappa shape index (κ1) is 15.3. The fraction of sp³-hybridized carbons (Fsp3) is 1.00. The van der Waals surface area contributed by atoms with Crippen LogP contribution in [0.1, 0.15) is 25.7 Å². The largest absolute Gasteiger partial charge is 0.426 e. The molecule has 1 nitrogen and oxygen atoms in total. The Bertz CT molecular complexity index is 338. The van der Waals surface area contributed by atoms with Crippen LogP contribution in [0.5, 0.6) is 0 Å². The summed E-state index contributed by atoms with van der Waals surface area (Å²) < 4.78 is 75.6. The van der Waals surface area contributed by atoms with Crippen LogP contribution in [-0.2, 0) is 0 Å². The van der Waals surface area contributed by atoms with Gasteiger partial charge in [0.05, 0.1) is 0 Å². The third-order valence-corrected chi connectivity index (χ3v) is 5.01. The fourth-order valence-corrected chi connectivity index (χ4v) is 4.13. The average molecular weight is 308 g/mol. The van der Waals surface area contributed by atoms with E-state index in [0.29, 0.717) is 12.8 Å². The second-order valence-corrected chi connectivity index (χ2v) is 6.29. The molecule has 2 aliphatic rings. The fourth-order valence-electron chi connectivity index (χ4n) is 3.46. The van der Waals surface area contributed by atoms with Crippen LogP contribution in [0, 0.1) is 17.8 Å². The lowest BCUT2D eigenvalue weighted by atomic mass is 9.79. The van der Waals surface area contributed by atoms with E-state index in [-0.39, 0.29) is 17.1 Å². The van der Waals surface area contributed by atoms with E-state index in [9.17, 15) is 31.4 Å². The number of hydrogen-bond acceptors (Lipinski definition) is 2. The lowest BCUT2D eigenvalue weighted by Crippen LogP contribution is -2.58. The predicted octanol–water partition coefficient (Wildman–Crippen LogP) is 3.58. The molecule has 4 unspecified atom stereocenters. The summed E-state index contributed by atoms with van der Waals surface area (Å²) in [5, 5.41) is 9.03. The SMILES string of the molecule is OC(CC1CC2CC(S)C1C2)(C(F)(F)F)C(F)(F)F. The minimum Gasteiger partial charge on any atom is -0.374 e. The van der Waals surface area contributed by atoms with Crippen LogP contribution in [0.4, 0.5) is 26.3 Å².